The predicted molar refractivity (Wildman–Crippen MR) is 73.4 cm³/mol. The monoisotopic (exact) mass is 290 g/mol. The molecule has 0 spiro atoms. The molecule has 0 radical (unpaired) electrons. The number of nitrogen functional groups attached to an aromatic ring is 1. The van der Waals surface area contributed by atoms with Gasteiger partial charge in [0.05, 0.1) is 11.4 Å². The van der Waals surface area contributed by atoms with E-state index < -0.39 is 20.5 Å². The number of carbonyl (C=O) groups is 1. The molecule has 1 rings (SSSR count). The minimum Gasteiger partial charge on any atom is -0.397 e. The number of nitrogens with two attached hydrogens (primary N) is 1. The first-order valence-electron chi connectivity index (χ1n) is 5.12. The molecule has 3 N–H and O–H groups in total. The van der Waals surface area contributed by atoms with Crippen molar-refractivity contribution in [1.29, 1.82) is 0 Å². The Morgan fingerprint density at radius 3 is 2.39 bits per heavy atom. The quantitative estimate of drug-likeness (QED) is 0.829. The zero-order valence-corrected chi connectivity index (χ0v) is 11.9. The summed E-state index contributed by atoms with van der Waals surface area (Å²) in [6, 6.07) is 4.56. The Labute approximate surface area is 111 Å². The first-order valence-corrected chi connectivity index (χ1v) is 7.38. The normalized spacial score (nSPS) is 12.2. The molecule has 7 heteroatoms. The van der Waals surface area contributed by atoms with Gasteiger partial charge in [-0.2, -0.15) is 0 Å². The van der Waals surface area contributed by atoms with Crippen molar-refractivity contribution in [2.45, 2.75) is 18.6 Å². The Hall–Kier alpha value is -1.27. The van der Waals surface area contributed by atoms with Gasteiger partial charge in [-0.3, -0.25) is 4.79 Å². The van der Waals surface area contributed by atoms with Gasteiger partial charge in [-0.25, -0.2) is 8.42 Å². The number of amides is 1. The number of halogens is 1. The second-order valence-corrected chi connectivity index (χ2v) is 7.47. The summed E-state index contributed by atoms with van der Waals surface area (Å²) in [5.41, 5.74) is 6.29. The summed E-state index contributed by atoms with van der Waals surface area (Å²) < 4.78 is 21.5. The van der Waals surface area contributed by atoms with E-state index in [1.54, 1.807) is 6.07 Å². The molecular formula is C11H15ClN2O3S. The fourth-order valence-corrected chi connectivity index (χ4v) is 1.66. The number of hydrogen-bond acceptors (Lipinski definition) is 4. The van der Waals surface area contributed by atoms with Crippen molar-refractivity contribution in [2.75, 3.05) is 17.3 Å². The van der Waals surface area contributed by atoms with E-state index in [-0.39, 0.29) is 5.69 Å². The van der Waals surface area contributed by atoms with E-state index in [1.165, 1.54) is 26.0 Å². The van der Waals surface area contributed by atoms with Crippen LogP contribution in [-0.2, 0) is 14.6 Å². The first kappa shape index (κ1) is 14.8. The molecule has 0 atom stereocenters. The van der Waals surface area contributed by atoms with Crippen LogP contribution in [0.5, 0.6) is 0 Å². The van der Waals surface area contributed by atoms with Crippen LogP contribution in [0.1, 0.15) is 13.8 Å². The second-order valence-electron chi connectivity index (χ2n) is 4.47. The first-order chi connectivity index (χ1) is 8.05. The third-order valence-electron chi connectivity index (χ3n) is 2.74. The van der Waals surface area contributed by atoms with Crippen LogP contribution in [0, 0.1) is 0 Å². The molecule has 0 saturated carbocycles. The van der Waals surface area contributed by atoms with Crippen molar-refractivity contribution in [3.05, 3.63) is 23.2 Å². The van der Waals surface area contributed by atoms with Crippen LogP contribution < -0.4 is 11.1 Å². The molecule has 100 valence electrons. The van der Waals surface area contributed by atoms with Crippen molar-refractivity contribution in [3.63, 3.8) is 0 Å². The van der Waals surface area contributed by atoms with E-state index >= 15 is 0 Å². The lowest BCUT2D eigenvalue weighted by Gasteiger charge is -2.21. The van der Waals surface area contributed by atoms with Gasteiger partial charge >= 0.3 is 0 Å². The molecule has 1 amide bonds. The number of rotatable bonds is 3. The fourth-order valence-electron chi connectivity index (χ4n) is 1.09. The van der Waals surface area contributed by atoms with Crippen LogP contribution >= 0.6 is 11.6 Å². The molecule has 18 heavy (non-hydrogen) atoms. The maximum Gasteiger partial charge on any atom is 0.245 e. The Bertz CT molecular complexity index is 582. The molecule has 0 saturated heterocycles. The number of sulfone groups is 1. The molecule has 0 heterocycles. The highest BCUT2D eigenvalue weighted by Gasteiger charge is 2.38. The van der Waals surface area contributed by atoms with Gasteiger partial charge in [0.15, 0.2) is 9.84 Å². The van der Waals surface area contributed by atoms with Gasteiger partial charge in [0.25, 0.3) is 0 Å². The predicted octanol–water partition coefficient (Wildman–Crippen LogP) is 1.68. The van der Waals surface area contributed by atoms with Gasteiger partial charge < -0.3 is 11.1 Å². The Kier molecular flexibility index (Phi) is 3.92. The highest BCUT2D eigenvalue weighted by atomic mass is 35.5. The van der Waals surface area contributed by atoms with E-state index in [9.17, 15) is 13.2 Å². The largest absolute Gasteiger partial charge is 0.397 e. The van der Waals surface area contributed by atoms with Crippen LogP contribution in [0.2, 0.25) is 5.02 Å². The van der Waals surface area contributed by atoms with E-state index in [0.29, 0.717) is 10.7 Å². The zero-order valence-electron chi connectivity index (χ0n) is 10.3. The molecule has 0 aliphatic carbocycles. The summed E-state index contributed by atoms with van der Waals surface area (Å²) in [7, 11) is -3.52. The fraction of sp³-hybridized carbons (Fsp3) is 0.364. The zero-order chi connectivity index (χ0) is 14.1. The average molecular weight is 291 g/mol. The number of benzene rings is 1. The average Bonchev–Trinajstić information content (AvgIpc) is 2.20. The van der Waals surface area contributed by atoms with Crippen LogP contribution in [0.4, 0.5) is 11.4 Å². The molecule has 1 aromatic rings. The van der Waals surface area contributed by atoms with Gasteiger partial charge in [0.1, 0.15) is 4.75 Å². The molecule has 0 aliphatic rings. The third kappa shape index (κ3) is 2.94. The highest BCUT2D eigenvalue weighted by Crippen LogP contribution is 2.25. The number of anilines is 2. The van der Waals surface area contributed by atoms with Crippen molar-refractivity contribution >= 4 is 38.7 Å². The molecule has 0 bridgehead atoms. The van der Waals surface area contributed by atoms with E-state index in [2.05, 4.69) is 5.32 Å². The summed E-state index contributed by atoms with van der Waals surface area (Å²) in [5.74, 6) is -0.640. The lowest BCUT2D eigenvalue weighted by Crippen LogP contribution is -2.43. The smallest absolute Gasteiger partial charge is 0.245 e. The molecule has 0 fully saturated rings. The van der Waals surface area contributed by atoms with Crippen molar-refractivity contribution in [1.82, 2.24) is 0 Å². The summed E-state index contributed by atoms with van der Waals surface area (Å²) in [5, 5.41) is 2.92. The summed E-state index contributed by atoms with van der Waals surface area (Å²) >= 11 is 5.73. The molecule has 1 aromatic carbocycles. The molecule has 0 aromatic heterocycles. The minimum atomic E-state index is -3.52. The van der Waals surface area contributed by atoms with Crippen LogP contribution in [0.3, 0.4) is 0 Å². The lowest BCUT2D eigenvalue weighted by molar-refractivity contribution is -0.117. The van der Waals surface area contributed by atoms with E-state index in [1.807, 2.05) is 0 Å². The summed E-state index contributed by atoms with van der Waals surface area (Å²) in [6.45, 7) is 2.67. The van der Waals surface area contributed by atoms with Gasteiger partial charge in [0, 0.05) is 11.3 Å². The standard InChI is InChI=1S/C11H15ClN2O3S/c1-11(2,18(3,16)17)10(15)14-9-5-4-7(12)6-8(9)13/h4-6H,13H2,1-3H3,(H,14,15). The number of hydrogen-bond donors (Lipinski definition) is 2. The minimum absolute atomic E-state index is 0.278. The van der Waals surface area contributed by atoms with E-state index in [4.69, 9.17) is 17.3 Å². The van der Waals surface area contributed by atoms with Crippen LogP contribution in [0.25, 0.3) is 0 Å². The topological polar surface area (TPSA) is 89.3 Å². The lowest BCUT2D eigenvalue weighted by atomic mass is 10.2. The molecule has 0 unspecified atom stereocenters. The maximum absolute atomic E-state index is 11.9. The van der Waals surface area contributed by atoms with Crippen LogP contribution in [-0.4, -0.2) is 25.3 Å². The highest BCUT2D eigenvalue weighted by molar-refractivity contribution is 7.92. The van der Waals surface area contributed by atoms with Gasteiger partial charge in [-0.15, -0.1) is 0 Å². The van der Waals surface area contributed by atoms with Crippen LogP contribution in [0.15, 0.2) is 18.2 Å². The third-order valence-corrected chi connectivity index (χ3v) is 5.01. The Balaban J connectivity index is 3.02. The summed E-state index contributed by atoms with van der Waals surface area (Å²) in [6.07, 6.45) is 1.01. The molecular weight excluding hydrogens is 276 g/mol. The summed E-state index contributed by atoms with van der Waals surface area (Å²) in [4.78, 5) is 11.9. The Morgan fingerprint density at radius 2 is 1.94 bits per heavy atom. The second kappa shape index (κ2) is 4.78. The van der Waals surface area contributed by atoms with Crippen molar-refractivity contribution in [2.24, 2.45) is 0 Å². The maximum atomic E-state index is 11.9. The van der Waals surface area contributed by atoms with Gasteiger partial charge in [-0.1, -0.05) is 11.6 Å². The van der Waals surface area contributed by atoms with Crippen molar-refractivity contribution in [3.8, 4) is 0 Å². The SMILES string of the molecule is CC(C)(C(=O)Nc1ccc(Cl)cc1N)S(C)(=O)=O. The number of nitrogens with one attached hydrogen (secondary N) is 1. The Morgan fingerprint density at radius 1 is 1.39 bits per heavy atom. The molecule has 5 nitrogen and oxygen atoms in total. The van der Waals surface area contributed by atoms with Crippen molar-refractivity contribution < 1.29 is 13.2 Å². The van der Waals surface area contributed by atoms with Gasteiger partial charge in [0.2, 0.25) is 5.91 Å². The number of carbonyl (C=O) groups excluding carboxylic acids is 1. The van der Waals surface area contributed by atoms with E-state index in [0.717, 1.165) is 6.26 Å². The van der Waals surface area contributed by atoms with Gasteiger partial charge in [-0.05, 0) is 32.0 Å². The molecule has 0 aliphatic heterocycles.